The van der Waals surface area contributed by atoms with Gasteiger partial charge in [0.1, 0.15) is 11.9 Å². The lowest BCUT2D eigenvalue weighted by Gasteiger charge is -2.13. The quantitative estimate of drug-likeness (QED) is 0.919. The van der Waals surface area contributed by atoms with E-state index in [0.717, 1.165) is 0 Å². The Morgan fingerprint density at radius 1 is 1.11 bits per heavy atom. The van der Waals surface area contributed by atoms with Crippen LogP contribution in [-0.4, -0.2) is 24.3 Å². The van der Waals surface area contributed by atoms with Gasteiger partial charge in [-0.3, -0.25) is 4.98 Å². The molecule has 0 amide bonds. The lowest BCUT2D eigenvalue weighted by atomic mass is 10.0. The van der Waals surface area contributed by atoms with Crippen LogP contribution in [0, 0.1) is 5.82 Å². The van der Waals surface area contributed by atoms with E-state index in [4.69, 9.17) is 9.47 Å². The predicted octanol–water partition coefficient (Wildman–Crippen LogP) is 2.32. The molecule has 1 aromatic heterocycles. The molecule has 1 aromatic carbocycles. The van der Waals surface area contributed by atoms with Crippen LogP contribution < -0.4 is 9.47 Å². The topological polar surface area (TPSA) is 51.6 Å². The molecule has 0 saturated heterocycles. The van der Waals surface area contributed by atoms with E-state index in [1.54, 1.807) is 12.1 Å². The van der Waals surface area contributed by atoms with Crippen LogP contribution >= 0.6 is 0 Å². The van der Waals surface area contributed by atoms with Gasteiger partial charge in [-0.05, 0) is 23.8 Å². The molecule has 2 aromatic rings. The maximum atomic E-state index is 13.6. The Kier molecular flexibility index (Phi) is 3.97. The second-order valence-electron chi connectivity index (χ2n) is 3.95. The van der Waals surface area contributed by atoms with Gasteiger partial charge in [0.05, 0.1) is 20.4 Å². The van der Waals surface area contributed by atoms with Crippen LogP contribution in [0.1, 0.15) is 17.2 Å². The first-order valence-electron chi connectivity index (χ1n) is 5.66. The van der Waals surface area contributed by atoms with E-state index in [9.17, 15) is 9.50 Å². The van der Waals surface area contributed by atoms with Gasteiger partial charge >= 0.3 is 0 Å². The van der Waals surface area contributed by atoms with Gasteiger partial charge in [0.2, 0.25) is 0 Å². The molecule has 1 N–H and O–H groups in total. The lowest BCUT2D eigenvalue weighted by molar-refractivity contribution is 0.218. The molecule has 0 saturated carbocycles. The highest BCUT2D eigenvalue weighted by molar-refractivity contribution is 5.36. The molecular weight excluding hydrogens is 249 g/mol. The summed E-state index contributed by atoms with van der Waals surface area (Å²) < 4.78 is 23.5. The maximum absolute atomic E-state index is 13.6. The van der Waals surface area contributed by atoms with Crippen LogP contribution in [0.25, 0.3) is 0 Å². The number of hydrogen-bond acceptors (Lipinski definition) is 4. The van der Waals surface area contributed by atoms with Crippen molar-refractivity contribution in [3.05, 3.63) is 53.6 Å². The second kappa shape index (κ2) is 5.67. The third kappa shape index (κ3) is 2.82. The van der Waals surface area contributed by atoms with Gasteiger partial charge in [0.15, 0.2) is 11.6 Å². The molecule has 5 heteroatoms. The summed E-state index contributed by atoms with van der Waals surface area (Å²) in [5.74, 6) is 0.153. The highest BCUT2D eigenvalue weighted by Crippen LogP contribution is 2.27. The highest BCUT2D eigenvalue weighted by Gasteiger charge is 2.14. The van der Waals surface area contributed by atoms with E-state index < -0.39 is 11.9 Å². The number of nitrogens with zero attached hydrogens (tertiary/aromatic N) is 1. The third-order valence-electron chi connectivity index (χ3n) is 2.78. The molecule has 0 aliphatic carbocycles. The third-order valence-corrected chi connectivity index (χ3v) is 2.78. The van der Waals surface area contributed by atoms with Crippen molar-refractivity contribution in [1.82, 2.24) is 4.98 Å². The number of aromatic nitrogens is 1. The molecule has 0 bridgehead atoms. The average molecular weight is 263 g/mol. The summed E-state index contributed by atoms with van der Waals surface area (Å²) in [6.07, 6.45) is 2.07. The smallest absolute Gasteiger partial charge is 0.165 e. The number of benzene rings is 1. The molecular formula is C14H14FNO3. The number of aliphatic hydroxyl groups excluding tert-OH is 1. The summed E-state index contributed by atoms with van der Waals surface area (Å²) in [5.41, 5.74) is 0.956. The summed E-state index contributed by atoms with van der Waals surface area (Å²) in [7, 11) is 2.90. The van der Waals surface area contributed by atoms with Crippen LogP contribution in [0.2, 0.25) is 0 Å². The predicted molar refractivity (Wildman–Crippen MR) is 67.8 cm³/mol. The van der Waals surface area contributed by atoms with Crippen molar-refractivity contribution in [2.24, 2.45) is 0 Å². The standard InChI is InChI=1S/C14H14FNO3/c1-18-11-5-10(7-16-8-11)14(17)9-3-4-13(19-2)12(15)6-9/h3-8,14,17H,1-2H3. The number of pyridine rings is 1. The van der Waals surface area contributed by atoms with Crippen LogP contribution in [0.3, 0.4) is 0 Å². The Balaban J connectivity index is 2.32. The zero-order chi connectivity index (χ0) is 13.8. The van der Waals surface area contributed by atoms with Crippen molar-refractivity contribution in [2.75, 3.05) is 14.2 Å². The average Bonchev–Trinajstić information content (AvgIpc) is 2.46. The van der Waals surface area contributed by atoms with E-state index in [2.05, 4.69) is 4.98 Å². The molecule has 0 aliphatic rings. The number of aliphatic hydroxyl groups is 1. The molecule has 0 spiro atoms. The molecule has 0 fully saturated rings. The number of halogens is 1. The number of ether oxygens (including phenoxy) is 2. The summed E-state index contributed by atoms with van der Waals surface area (Å²) in [5, 5.41) is 10.2. The van der Waals surface area contributed by atoms with Gasteiger partial charge in [0, 0.05) is 11.8 Å². The van der Waals surface area contributed by atoms with E-state index in [0.29, 0.717) is 16.9 Å². The summed E-state index contributed by atoms with van der Waals surface area (Å²) >= 11 is 0. The van der Waals surface area contributed by atoms with E-state index in [-0.39, 0.29) is 5.75 Å². The summed E-state index contributed by atoms with van der Waals surface area (Å²) in [4.78, 5) is 3.95. The summed E-state index contributed by atoms with van der Waals surface area (Å²) in [6.45, 7) is 0. The Labute approximate surface area is 110 Å². The molecule has 0 aliphatic heterocycles. The van der Waals surface area contributed by atoms with Crippen molar-refractivity contribution in [3.63, 3.8) is 0 Å². The minimum absolute atomic E-state index is 0.139. The van der Waals surface area contributed by atoms with Gasteiger partial charge in [-0.1, -0.05) is 6.07 Å². The van der Waals surface area contributed by atoms with E-state index >= 15 is 0 Å². The Bertz CT molecular complexity index is 574. The van der Waals surface area contributed by atoms with Crippen molar-refractivity contribution >= 4 is 0 Å². The van der Waals surface area contributed by atoms with E-state index in [1.165, 1.54) is 38.7 Å². The molecule has 2 rings (SSSR count). The number of hydrogen-bond donors (Lipinski definition) is 1. The molecule has 19 heavy (non-hydrogen) atoms. The fourth-order valence-corrected chi connectivity index (χ4v) is 1.74. The first-order chi connectivity index (χ1) is 9.15. The van der Waals surface area contributed by atoms with Gasteiger partial charge in [-0.2, -0.15) is 0 Å². The van der Waals surface area contributed by atoms with Crippen molar-refractivity contribution in [1.29, 1.82) is 0 Å². The largest absolute Gasteiger partial charge is 0.495 e. The first-order valence-corrected chi connectivity index (χ1v) is 5.66. The second-order valence-corrected chi connectivity index (χ2v) is 3.95. The van der Waals surface area contributed by atoms with Gasteiger partial charge in [-0.15, -0.1) is 0 Å². The van der Waals surface area contributed by atoms with Crippen LogP contribution in [-0.2, 0) is 0 Å². The fraction of sp³-hybridized carbons (Fsp3) is 0.214. The number of rotatable bonds is 4. The molecule has 1 unspecified atom stereocenters. The zero-order valence-electron chi connectivity index (χ0n) is 10.6. The molecule has 1 atom stereocenters. The maximum Gasteiger partial charge on any atom is 0.165 e. The number of methoxy groups -OCH3 is 2. The highest BCUT2D eigenvalue weighted by atomic mass is 19.1. The SMILES string of the molecule is COc1cncc(C(O)c2ccc(OC)c(F)c2)c1. The van der Waals surface area contributed by atoms with Crippen LogP contribution in [0.4, 0.5) is 4.39 Å². The van der Waals surface area contributed by atoms with Crippen molar-refractivity contribution < 1.29 is 19.0 Å². The fourth-order valence-electron chi connectivity index (χ4n) is 1.74. The minimum Gasteiger partial charge on any atom is -0.495 e. The van der Waals surface area contributed by atoms with Crippen LogP contribution in [0.5, 0.6) is 11.5 Å². The van der Waals surface area contributed by atoms with Crippen LogP contribution in [0.15, 0.2) is 36.7 Å². The van der Waals surface area contributed by atoms with Gasteiger partial charge in [0.25, 0.3) is 0 Å². The Hall–Kier alpha value is -2.14. The Morgan fingerprint density at radius 2 is 1.89 bits per heavy atom. The normalized spacial score (nSPS) is 12.0. The Morgan fingerprint density at radius 3 is 2.53 bits per heavy atom. The van der Waals surface area contributed by atoms with Gasteiger partial charge in [-0.25, -0.2) is 4.39 Å². The van der Waals surface area contributed by atoms with E-state index in [1.807, 2.05) is 0 Å². The monoisotopic (exact) mass is 263 g/mol. The first kappa shape index (κ1) is 13.3. The molecule has 0 radical (unpaired) electrons. The lowest BCUT2D eigenvalue weighted by Crippen LogP contribution is -2.02. The minimum atomic E-state index is -0.969. The summed E-state index contributed by atoms with van der Waals surface area (Å²) in [6, 6.07) is 5.97. The molecule has 4 nitrogen and oxygen atoms in total. The van der Waals surface area contributed by atoms with Crippen molar-refractivity contribution in [3.8, 4) is 11.5 Å². The molecule has 1 heterocycles. The zero-order valence-corrected chi connectivity index (χ0v) is 10.6. The van der Waals surface area contributed by atoms with Crippen molar-refractivity contribution in [2.45, 2.75) is 6.10 Å². The van der Waals surface area contributed by atoms with Gasteiger partial charge < -0.3 is 14.6 Å². The molecule has 100 valence electrons.